The molecule has 0 unspecified atom stereocenters. The molecule has 0 amide bonds. The molecule has 24 heavy (non-hydrogen) atoms. The average Bonchev–Trinajstić information content (AvgIpc) is 2.61. The minimum Gasteiger partial charge on any atom is -0.496 e. The third-order valence-corrected chi connectivity index (χ3v) is 3.68. The normalized spacial score (nSPS) is 10.7. The van der Waals surface area contributed by atoms with Crippen LogP contribution in [0.4, 0.5) is 8.78 Å². The van der Waals surface area contributed by atoms with Crippen LogP contribution in [-0.2, 0) is 4.74 Å². The SMILES string of the molecule is COC(=O)c1ccc2c(F)cnc(-c3ccc(F)cc3OC)c2c1. The second kappa shape index (κ2) is 6.23. The molecule has 0 atom stereocenters. The number of hydrogen-bond acceptors (Lipinski definition) is 4. The molecule has 0 saturated heterocycles. The molecule has 2 aromatic carbocycles. The Balaban J connectivity index is 2.32. The number of hydrogen-bond donors (Lipinski definition) is 0. The van der Waals surface area contributed by atoms with Crippen molar-refractivity contribution >= 4 is 16.7 Å². The minimum absolute atomic E-state index is 0.263. The molecule has 3 rings (SSSR count). The first-order valence-electron chi connectivity index (χ1n) is 7.05. The molecule has 0 bridgehead atoms. The van der Waals surface area contributed by atoms with Gasteiger partial charge in [0.05, 0.1) is 31.7 Å². The van der Waals surface area contributed by atoms with Gasteiger partial charge in [0.25, 0.3) is 0 Å². The molecule has 0 N–H and O–H groups in total. The van der Waals surface area contributed by atoms with Gasteiger partial charge in [0.1, 0.15) is 17.4 Å². The number of ether oxygens (including phenoxy) is 2. The fourth-order valence-electron chi connectivity index (χ4n) is 2.53. The summed E-state index contributed by atoms with van der Waals surface area (Å²) in [7, 11) is 2.67. The van der Waals surface area contributed by atoms with E-state index in [0.717, 1.165) is 6.20 Å². The summed E-state index contributed by atoms with van der Waals surface area (Å²) < 4.78 is 37.4. The lowest BCUT2D eigenvalue weighted by molar-refractivity contribution is 0.0601. The Labute approximate surface area is 136 Å². The number of esters is 1. The fraction of sp³-hybridized carbons (Fsp3) is 0.111. The van der Waals surface area contributed by atoms with Gasteiger partial charge in [-0.1, -0.05) is 6.07 Å². The van der Waals surface area contributed by atoms with Crippen LogP contribution in [0.5, 0.6) is 5.75 Å². The number of nitrogens with zero attached hydrogens (tertiary/aromatic N) is 1. The van der Waals surface area contributed by atoms with E-state index in [2.05, 4.69) is 4.98 Å². The van der Waals surface area contributed by atoms with E-state index in [-0.39, 0.29) is 11.3 Å². The number of carbonyl (C=O) groups excluding carboxylic acids is 1. The Morgan fingerprint density at radius 2 is 1.83 bits per heavy atom. The topological polar surface area (TPSA) is 48.4 Å². The van der Waals surface area contributed by atoms with Crippen LogP contribution in [-0.4, -0.2) is 25.2 Å². The van der Waals surface area contributed by atoms with Crippen LogP contribution >= 0.6 is 0 Å². The second-order valence-corrected chi connectivity index (χ2v) is 5.05. The molecule has 1 aromatic heterocycles. The van der Waals surface area contributed by atoms with E-state index in [1.807, 2.05) is 0 Å². The van der Waals surface area contributed by atoms with Gasteiger partial charge in [-0.15, -0.1) is 0 Å². The largest absolute Gasteiger partial charge is 0.496 e. The molecule has 4 nitrogen and oxygen atoms in total. The monoisotopic (exact) mass is 329 g/mol. The van der Waals surface area contributed by atoms with Crippen molar-refractivity contribution in [2.75, 3.05) is 14.2 Å². The first-order chi connectivity index (χ1) is 11.5. The maximum absolute atomic E-state index is 14.1. The minimum atomic E-state index is -0.543. The molecule has 6 heteroatoms. The zero-order chi connectivity index (χ0) is 17.3. The number of methoxy groups -OCH3 is 2. The smallest absolute Gasteiger partial charge is 0.337 e. The Morgan fingerprint density at radius 1 is 1.04 bits per heavy atom. The summed E-state index contributed by atoms with van der Waals surface area (Å²) in [5.74, 6) is -1.26. The lowest BCUT2D eigenvalue weighted by Crippen LogP contribution is -2.02. The first kappa shape index (κ1) is 15.9. The average molecular weight is 329 g/mol. The molecule has 122 valence electrons. The van der Waals surface area contributed by atoms with Crippen LogP contribution in [0.3, 0.4) is 0 Å². The third-order valence-electron chi connectivity index (χ3n) is 3.68. The van der Waals surface area contributed by atoms with E-state index in [1.165, 1.54) is 50.6 Å². The molecule has 0 fully saturated rings. The van der Waals surface area contributed by atoms with Crippen LogP contribution in [0, 0.1) is 11.6 Å². The van der Waals surface area contributed by atoms with Crippen molar-refractivity contribution in [3.63, 3.8) is 0 Å². The van der Waals surface area contributed by atoms with E-state index < -0.39 is 17.6 Å². The Morgan fingerprint density at radius 3 is 2.54 bits per heavy atom. The molecule has 0 radical (unpaired) electrons. The highest BCUT2D eigenvalue weighted by Gasteiger charge is 2.16. The predicted octanol–water partition coefficient (Wildman–Crippen LogP) is 3.98. The maximum Gasteiger partial charge on any atom is 0.337 e. The zero-order valence-electron chi connectivity index (χ0n) is 13.0. The molecule has 0 aliphatic rings. The number of carbonyl (C=O) groups is 1. The standard InChI is InChI=1S/C18H13F2NO3/c1-23-16-8-11(19)4-6-13(16)17-14-7-10(18(22)24-2)3-5-12(14)15(20)9-21-17/h3-9H,1-2H3. The first-order valence-corrected chi connectivity index (χ1v) is 7.05. The Hall–Kier alpha value is -3.02. The van der Waals surface area contributed by atoms with Gasteiger partial charge < -0.3 is 9.47 Å². The van der Waals surface area contributed by atoms with E-state index in [4.69, 9.17) is 9.47 Å². The molecule has 1 heterocycles. The summed E-state index contributed by atoms with van der Waals surface area (Å²) >= 11 is 0. The summed E-state index contributed by atoms with van der Waals surface area (Å²) in [6, 6.07) is 8.43. The summed E-state index contributed by atoms with van der Waals surface area (Å²) in [5, 5.41) is 0.696. The number of benzene rings is 2. The van der Waals surface area contributed by atoms with Crippen molar-refractivity contribution in [1.82, 2.24) is 4.98 Å². The number of halogens is 2. The Kier molecular flexibility index (Phi) is 4.12. The number of pyridine rings is 1. The van der Waals surface area contributed by atoms with Gasteiger partial charge in [-0.25, -0.2) is 13.6 Å². The highest BCUT2D eigenvalue weighted by Crippen LogP contribution is 2.35. The van der Waals surface area contributed by atoms with Gasteiger partial charge in [0.2, 0.25) is 0 Å². The fourth-order valence-corrected chi connectivity index (χ4v) is 2.53. The molecule has 0 spiro atoms. The number of rotatable bonds is 3. The zero-order valence-corrected chi connectivity index (χ0v) is 13.0. The highest BCUT2D eigenvalue weighted by atomic mass is 19.1. The quantitative estimate of drug-likeness (QED) is 0.682. The van der Waals surface area contributed by atoms with Gasteiger partial charge in [0.15, 0.2) is 0 Å². The summed E-state index contributed by atoms with van der Waals surface area (Å²) in [6.45, 7) is 0. The van der Waals surface area contributed by atoms with E-state index in [0.29, 0.717) is 22.0 Å². The summed E-state index contributed by atoms with van der Waals surface area (Å²) in [5.41, 5.74) is 1.14. The number of aromatic nitrogens is 1. The van der Waals surface area contributed by atoms with Crippen molar-refractivity contribution in [2.24, 2.45) is 0 Å². The lowest BCUT2D eigenvalue weighted by Gasteiger charge is -2.12. The molecule has 0 saturated carbocycles. The van der Waals surface area contributed by atoms with E-state index >= 15 is 0 Å². The maximum atomic E-state index is 14.1. The van der Waals surface area contributed by atoms with Crippen molar-refractivity contribution in [2.45, 2.75) is 0 Å². The predicted molar refractivity (Wildman–Crippen MR) is 85.0 cm³/mol. The molecular formula is C18H13F2NO3. The van der Waals surface area contributed by atoms with Crippen LogP contribution in [0.15, 0.2) is 42.6 Å². The lowest BCUT2D eigenvalue weighted by atomic mass is 10.0. The van der Waals surface area contributed by atoms with E-state index in [9.17, 15) is 13.6 Å². The van der Waals surface area contributed by atoms with Gasteiger partial charge in [-0.3, -0.25) is 4.98 Å². The summed E-state index contributed by atoms with van der Waals surface area (Å²) in [4.78, 5) is 15.9. The molecule has 0 aliphatic carbocycles. The van der Waals surface area contributed by atoms with Gasteiger partial charge in [-0.2, -0.15) is 0 Å². The van der Waals surface area contributed by atoms with Gasteiger partial charge in [0, 0.05) is 22.4 Å². The van der Waals surface area contributed by atoms with Crippen LogP contribution in [0.1, 0.15) is 10.4 Å². The van der Waals surface area contributed by atoms with Crippen LogP contribution < -0.4 is 4.74 Å². The van der Waals surface area contributed by atoms with Gasteiger partial charge >= 0.3 is 5.97 Å². The van der Waals surface area contributed by atoms with Crippen molar-refractivity contribution in [3.8, 4) is 17.0 Å². The van der Waals surface area contributed by atoms with Gasteiger partial charge in [-0.05, 0) is 24.3 Å². The van der Waals surface area contributed by atoms with Crippen molar-refractivity contribution < 1.29 is 23.0 Å². The third kappa shape index (κ3) is 2.67. The molecule has 0 aliphatic heterocycles. The Bertz CT molecular complexity index is 941. The van der Waals surface area contributed by atoms with Crippen molar-refractivity contribution in [3.05, 3.63) is 59.8 Å². The van der Waals surface area contributed by atoms with Crippen LogP contribution in [0.25, 0.3) is 22.0 Å². The van der Waals surface area contributed by atoms with Crippen molar-refractivity contribution in [1.29, 1.82) is 0 Å². The molecule has 3 aromatic rings. The van der Waals surface area contributed by atoms with Crippen LogP contribution in [0.2, 0.25) is 0 Å². The van der Waals surface area contributed by atoms with E-state index in [1.54, 1.807) is 0 Å². The highest BCUT2D eigenvalue weighted by molar-refractivity contribution is 6.01. The molecular weight excluding hydrogens is 316 g/mol. The second-order valence-electron chi connectivity index (χ2n) is 5.05. The summed E-state index contributed by atoms with van der Waals surface area (Å²) in [6.07, 6.45) is 1.08. The number of fused-ring (bicyclic) bond motifs is 1.